The second kappa shape index (κ2) is 14.9. The minimum absolute atomic E-state index is 0.101. The van der Waals surface area contributed by atoms with Crippen LogP contribution in [0, 0.1) is 0 Å². The maximum Gasteiger partial charge on any atom is 0.0522 e. The zero-order valence-electron chi connectivity index (χ0n) is 16.1. The lowest BCUT2D eigenvalue weighted by atomic mass is 10.0. The van der Waals surface area contributed by atoms with Gasteiger partial charge in [0.2, 0.25) is 0 Å². The molecule has 0 fully saturated rings. The van der Waals surface area contributed by atoms with Crippen molar-refractivity contribution in [2.75, 3.05) is 24.7 Å². The highest BCUT2D eigenvalue weighted by Gasteiger charge is 2.19. The molecule has 2 nitrogen and oxygen atoms in total. The number of hydrogen-bond acceptors (Lipinski definition) is 4. The van der Waals surface area contributed by atoms with Crippen molar-refractivity contribution in [3.63, 3.8) is 0 Å². The maximum atomic E-state index is 8.76. The van der Waals surface area contributed by atoms with E-state index in [-0.39, 0.29) is 18.0 Å². The fraction of sp³-hybridized carbons (Fsp3) is 0.364. The van der Waals surface area contributed by atoms with Gasteiger partial charge in [-0.2, -0.15) is 12.6 Å². The topological polar surface area (TPSA) is 40.5 Å². The third-order valence-corrected chi connectivity index (χ3v) is 4.93. The summed E-state index contributed by atoms with van der Waals surface area (Å²) in [5, 5.41) is 16.6. The van der Waals surface area contributed by atoms with Gasteiger partial charge in [-0.05, 0) is 31.9 Å². The van der Waals surface area contributed by atoms with E-state index < -0.39 is 0 Å². The van der Waals surface area contributed by atoms with Crippen LogP contribution in [0.1, 0.15) is 31.9 Å². The summed E-state index contributed by atoms with van der Waals surface area (Å²) in [5.74, 6) is 1.36. The average molecular weight is 393 g/mol. The van der Waals surface area contributed by atoms with Gasteiger partial charge in [-0.3, -0.25) is 0 Å². The molecule has 144 valence electrons. The Morgan fingerprint density at radius 3 is 1.77 bits per heavy atom. The summed E-state index contributed by atoms with van der Waals surface area (Å²) >= 11 is 5.45. The molecule has 0 radical (unpaired) electrons. The van der Waals surface area contributed by atoms with Crippen molar-refractivity contribution in [1.29, 1.82) is 0 Å². The lowest BCUT2D eigenvalue weighted by molar-refractivity contribution is 0.322. The van der Waals surface area contributed by atoms with Gasteiger partial charge in [0.1, 0.15) is 0 Å². The number of rotatable bonds is 6. The molecule has 0 saturated heterocycles. The van der Waals surface area contributed by atoms with Gasteiger partial charge in [0.05, 0.1) is 13.2 Å². The van der Waals surface area contributed by atoms with Crippen molar-refractivity contribution in [3.05, 3.63) is 78.4 Å². The Morgan fingerprint density at radius 1 is 0.962 bits per heavy atom. The molecule has 0 atom stereocenters. The van der Waals surface area contributed by atoms with E-state index in [0.717, 1.165) is 11.3 Å². The molecule has 0 aliphatic carbocycles. The standard InChI is InChI=1S/C11H16OS.C9H10.C2H6OS/c1-11(2,13-9-8-12)10-6-4-3-5-7-10;1-8(2)9-6-4-3-5-7-9;3-1-2-4/h3-7,12H,8-9H2,1-2H3;3-7H,1H2,2H3;3-4H,1-2H2. The number of benzene rings is 2. The van der Waals surface area contributed by atoms with Crippen LogP contribution < -0.4 is 0 Å². The highest BCUT2D eigenvalue weighted by molar-refractivity contribution is 8.00. The van der Waals surface area contributed by atoms with Crippen LogP contribution in [0.3, 0.4) is 0 Å². The van der Waals surface area contributed by atoms with Crippen molar-refractivity contribution in [2.24, 2.45) is 0 Å². The van der Waals surface area contributed by atoms with Crippen molar-refractivity contribution < 1.29 is 10.2 Å². The van der Waals surface area contributed by atoms with Crippen LogP contribution in [0.15, 0.2) is 67.2 Å². The monoisotopic (exact) mass is 392 g/mol. The number of hydrogen-bond donors (Lipinski definition) is 3. The lowest BCUT2D eigenvalue weighted by Gasteiger charge is -2.24. The van der Waals surface area contributed by atoms with E-state index in [9.17, 15) is 0 Å². The molecule has 4 heteroatoms. The summed E-state index contributed by atoms with van der Waals surface area (Å²) in [4.78, 5) is 0. The van der Waals surface area contributed by atoms with E-state index >= 15 is 0 Å². The van der Waals surface area contributed by atoms with Crippen molar-refractivity contribution >= 4 is 30.0 Å². The van der Waals surface area contributed by atoms with Crippen molar-refractivity contribution in [3.8, 4) is 0 Å². The first-order valence-corrected chi connectivity index (χ1v) is 10.2. The predicted molar refractivity (Wildman–Crippen MR) is 121 cm³/mol. The van der Waals surface area contributed by atoms with Gasteiger partial charge in [-0.15, -0.1) is 11.8 Å². The predicted octanol–water partition coefficient (Wildman–Crippen LogP) is 5.28. The second-order valence-corrected chi connectivity index (χ2v) is 8.21. The van der Waals surface area contributed by atoms with E-state index in [1.807, 2.05) is 31.2 Å². The van der Waals surface area contributed by atoms with Crippen LogP contribution in [-0.2, 0) is 4.75 Å². The molecule has 0 saturated carbocycles. The number of allylic oxidation sites excluding steroid dienone is 1. The van der Waals surface area contributed by atoms with E-state index in [4.69, 9.17) is 10.2 Å². The van der Waals surface area contributed by atoms with Gasteiger partial charge >= 0.3 is 0 Å². The Kier molecular flexibility index (Phi) is 14.2. The van der Waals surface area contributed by atoms with E-state index in [1.165, 1.54) is 11.1 Å². The number of aliphatic hydroxyl groups is 2. The van der Waals surface area contributed by atoms with Crippen LogP contribution >= 0.6 is 24.4 Å². The molecule has 2 N–H and O–H groups in total. The van der Waals surface area contributed by atoms with Crippen molar-refractivity contribution in [2.45, 2.75) is 25.5 Å². The molecule has 0 unspecified atom stereocenters. The molecule has 0 aromatic heterocycles. The summed E-state index contributed by atoms with van der Waals surface area (Å²) in [6.45, 7) is 10.6. The molecule has 2 aromatic rings. The lowest BCUT2D eigenvalue weighted by Crippen LogP contribution is -2.13. The minimum Gasteiger partial charge on any atom is -0.396 e. The molecule has 0 aliphatic heterocycles. The zero-order chi connectivity index (χ0) is 19.8. The minimum atomic E-state index is 0.101. The number of aliphatic hydroxyl groups excluding tert-OH is 2. The Morgan fingerprint density at radius 2 is 1.42 bits per heavy atom. The smallest absolute Gasteiger partial charge is 0.0522 e. The fourth-order valence-electron chi connectivity index (χ4n) is 1.95. The van der Waals surface area contributed by atoms with E-state index in [1.54, 1.807) is 11.8 Å². The normalized spacial score (nSPS) is 10.1. The average Bonchev–Trinajstić information content (AvgIpc) is 2.68. The van der Waals surface area contributed by atoms with E-state index in [2.05, 4.69) is 69.5 Å². The van der Waals surface area contributed by atoms with Gasteiger partial charge in [0.15, 0.2) is 0 Å². The molecule has 2 rings (SSSR count). The van der Waals surface area contributed by atoms with Gasteiger partial charge in [0, 0.05) is 16.3 Å². The summed E-state index contributed by atoms with van der Waals surface area (Å²) in [5.41, 5.74) is 3.65. The highest BCUT2D eigenvalue weighted by atomic mass is 32.2. The first-order chi connectivity index (χ1) is 12.4. The fourth-order valence-corrected chi connectivity index (χ4v) is 2.85. The third-order valence-electron chi connectivity index (χ3n) is 3.39. The van der Waals surface area contributed by atoms with E-state index in [0.29, 0.717) is 5.75 Å². The Hall–Kier alpha value is -1.20. The molecule has 0 bridgehead atoms. The molecule has 0 aliphatic rings. The second-order valence-electron chi connectivity index (χ2n) is 6.04. The molecule has 0 heterocycles. The molecule has 0 spiro atoms. The molecular weight excluding hydrogens is 360 g/mol. The highest BCUT2D eigenvalue weighted by Crippen LogP contribution is 2.34. The zero-order valence-corrected chi connectivity index (χ0v) is 17.8. The van der Waals surface area contributed by atoms with Gasteiger partial charge in [-0.1, -0.05) is 72.8 Å². The largest absolute Gasteiger partial charge is 0.396 e. The summed E-state index contributed by atoms with van der Waals surface area (Å²) < 4.78 is 0.101. The van der Waals surface area contributed by atoms with Crippen LogP contribution in [0.25, 0.3) is 5.57 Å². The van der Waals surface area contributed by atoms with Crippen LogP contribution in [-0.4, -0.2) is 34.9 Å². The Labute approximate surface area is 168 Å². The first-order valence-electron chi connectivity index (χ1n) is 8.62. The molecule has 26 heavy (non-hydrogen) atoms. The van der Waals surface area contributed by atoms with Gasteiger partial charge in [-0.25, -0.2) is 0 Å². The SMILES string of the molecule is C=C(C)c1ccccc1.CC(C)(SCCO)c1ccccc1.OCCS. The Bertz CT molecular complexity index is 582. The number of thiol groups is 1. The van der Waals surface area contributed by atoms with Crippen molar-refractivity contribution in [1.82, 2.24) is 0 Å². The molecule has 0 amide bonds. The summed E-state index contributed by atoms with van der Waals surface area (Å²) in [6, 6.07) is 20.5. The summed E-state index contributed by atoms with van der Waals surface area (Å²) in [7, 11) is 0. The number of thioether (sulfide) groups is 1. The molecule has 2 aromatic carbocycles. The maximum absolute atomic E-state index is 8.76. The third kappa shape index (κ3) is 11.4. The quantitative estimate of drug-likeness (QED) is 0.586. The van der Waals surface area contributed by atoms with Crippen LogP contribution in [0.2, 0.25) is 0 Å². The van der Waals surface area contributed by atoms with Gasteiger partial charge < -0.3 is 10.2 Å². The van der Waals surface area contributed by atoms with Gasteiger partial charge in [0.25, 0.3) is 0 Å². The summed E-state index contributed by atoms with van der Waals surface area (Å²) in [6.07, 6.45) is 0. The van der Waals surface area contributed by atoms with Crippen LogP contribution in [0.4, 0.5) is 0 Å². The Balaban J connectivity index is 0.000000416. The van der Waals surface area contributed by atoms with Crippen LogP contribution in [0.5, 0.6) is 0 Å². The molecular formula is C22H32O2S2. The first kappa shape index (κ1) is 24.8.